The van der Waals surface area contributed by atoms with Gasteiger partial charge in [0.1, 0.15) is 23.9 Å². The lowest BCUT2D eigenvalue weighted by Crippen LogP contribution is -2.38. The van der Waals surface area contributed by atoms with Gasteiger partial charge in [0.25, 0.3) is 0 Å². The summed E-state index contributed by atoms with van der Waals surface area (Å²) in [6.45, 7) is 7.48. The molecule has 0 saturated carbocycles. The van der Waals surface area contributed by atoms with Crippen LogP contribution in [0.3, 0.4) is 0 Å². The summed E-state index contributed by atoms with van der Waals surface area (Å²) in [7, 11) is 1.73. The summed E-state index contributed by atoms with van der Waals surface area (Å²) in [6, 6.07) is 21.1. The number of fused-ring (bicyclic) bond motifs is 1. The Bertz CT molecular complexity index is 1210. The van der Waals surface area contributed by atoms with Crippen molar-refractivity contribution in [2.24, 2.45) is 0 Å². The number of phenols is 1. The maximum Gasteiger partial charge on any atom is 0.120 e. The molecule has 1 fully saturated rings. The molecule has 39 heavy (non-hydrogen) atoms. The van der Waals surface area contributed by atoms with Crippen LogP contribution in [-0.2, 0) is 24.0 Å². The number of ether oxygens (including phenoxy) is 3. The number of phenolic OH excluding ortho intramolecular Hbond substituents is 1. The van der Waals surface area contributed by atoms with Gasteiger partial charge in [-0.1, -0.05) is 31.2 Å². The lowest BCUT2D eigenvalue weighted by Gasteiger charge is -2.29. The smallest absolute Gasteiger partial charge is 0.120 e. The maximum absolute atomic E-state index is 9.89. The fourth-order valence-corrected chi connectivity index (χ4v) is 5.79. The van der Waals surface area contributed by atoms with Gasteiger partial charge in [0.2, 0.25) is 0 Å². The van der Waals surface area contributed by atoms with E-state index in [0.29, 0.717) is 24.3 Å². The Morgan fingerprint density at radius 2 is 1.79 bits per heavy atom. The molecule has 6 nitrogen and oxygen atoms in total. The molecule has 0 aromatic heterocycles. The van der Waals surface area contributed by atoms with Crippen molar-refractivity contribution < 1.29 is 19.3 Å². The van der Waals surface area contributed by atoms with Gasteiger partial charge in [-0.3, -0.25) is 4.90 Å². The molecule has 2 unspecified atom stereocenters. The molecule has 0 amide bonds. The second kappa shape index (κ2) is 13.2. The SMILES string of the molecule is CCC(Cc1ccc(OCCN2CCOCC2)cc1)Nc1cc(OC)ccc1C1CCc2cc(O)ccc2C1. The third-order valence-electron chi connectivity index (χ3n) is 8.16. The second-order valence-electron chi connectivity index (χ2n) is 10.7. The predicted molar refractivity (Wildman–Crippen MR) is 156 cm³/mol. The molecule has 6 heteroatoms. The van der Waals surface area contributed by atoms with Gasteiger partial charge in [-0.2, -0.15) is 0 Å². The van der Waals surface area contributed by atoms with Crippen molar-refractivity contribution in [3.8, 4) is 17.2 Å². The van der Waals surface area contributed by atoms with Crippen LogP contribution >= 0.6 is 0 Å². The van der Waals surface area contributed by atoms with E-state index in [1.807, 2.05) is 12.1 Å². The van der Waals surface area contributed by atoms with Crippen LogP contribution < -0.4 is 14.8 Å². The average molecular weight is 531 g/mol. The van der Waals surface area contributed by atoms with Crippen LogP contribution in [0.2, 0.25) is 0 Å². The molecule has 1 heterocycles. The second-order valence-corrected chi connectivity index (χ2v) is 10.7. The van der Waals surface area contributed by atoms with Gasteiger partial charge in [-0.05, 0) is 90.6 Å². The van der Waals surface area contributed by atoms with Gasteiger partial charge in [-0.25, -0.2) is 0 Å². The fraction of sp³-hybridized carbons (Fsp3) is 0.455. The predicted octanol–water partition coefficient (Wildman–Crippen LogP) is 5.82. The van der Waals surface area contributed by atoms with E-state index < -0.39 is 0 Å². The van der Waals surface area contributed by atoms with Crippen molar-refractivity contribution in [2.45, 2.75) is 51.0 Å². The van der Waals surface area contributed by atoms with Crippen LogP contribution in [0.15, 0.2) is 60.7 Å². The molecule has 3 aromatic rings. The number of benzene rings is 3. The third kappa shape index (κ3) is 7.25. The van der Waals surface area contributed by atoms with Gasteiger partial charge in [-0.15, -0.1) is 0 Å². The average Bonchev–Trinajstić information content (AvgIpc) is 2.98. The van der Waals surface area contributed by atoms with E-state index in [4.69, 9.17) is 14.2 Å². The van der Waals surface area contributed by atoms with E-state index in [9.17, 15) is 5.11 Å². The van der Waals surface area contributed by atoms with E-state index in [-0.39, 0.29) is 0 Å². The molecule has 0 spiro atoms. The number of aromatic hydroxyl groups is 1. The molecule has 2 N–H and O–H groups in total. The Hall–Kier alpha value is -3.22. The Morgan fingerprint density at radius 3 is 2.56 bits per heavy atom. The van der Waals surface area contributed by atoms with Gasteiger partial charge in [0.15, 0.2) is 0 Å². The molecule has 2 atom stereocenters. The lowest BCUT2D eigenvalue weighted by molar-refractivity contribution is 0.0322. The van der Waals surface area contributed by atoms with E-state index >= 15 is 0 Å². The normalized spacial score (nSPS) is 18.3. The number of rotatable bonds is 11. The van der Waals surface area contributed by atoms with Crippen molar-refractivity contribution in [3.63, 3.8) is 0 Å². The molecule has 0 radical (unpaired) electrons. The molecule has 0 bridgehead atoms. The van der Waals surface area contributed by atoms with Crippen molar-refractivity contribution in [1.29, 1.82) is 0 Å². The molecule has 1 aliphatic carbocycles. The van der Waals surface area contributed by atoms with Crippen LogP contribution in [0.25, 0.3) is 0 Å². The Balaban J connectivity index is 1.22. The van der Waals surface area contributed by atoms with Crippen molar-refractivity contribution in [2.75, 3.05) is 51.9 Å². The van der Waals surface area contributed by atoms with Crippen LogP contribution in [-0.4, -0.2) is 62.6 Å². The van der Waals surface area contributed by atoms with Crippen LogP contribution in [0.5, 0.6) is 17.2 Å². The zero-order chi connectivity index (χ0) is 27.0. The van der Waals surface area contributed by atoms with Gasteiger partial charge < -0.3 is 24.6 Å². The minimum atomic E-state index is 0.303. The monoisotopic (exact) mass is 530 g/mol. The lowest BCUT2D eigenvalue weighted by atomic mass is 9.79. The van der Waals surface area contributed by atoms with Crippen molar-refractivity contribution in [1.82, 2.24) is 4.90 Å². The standard InChI is InChI=1S/C33H42N2O4/c1-3-28(20-24-4-10-30(11-5-24)39-19-16-35-14-17-38-18-15-35)34-33-23-31(37-2)12-13-32(33)27-7-6-26-22-29(36)9-8-25(26)21-27/h4-5,8-13,22-23,27-28,34,36H,3,6-7,14-21H2,1-2H3. The Morgan fingerprint density at radius 1 is 1.00 bits per heavy atom. The first-order chi connectivity index (χ1) is 19.1. The number of morpholine rings is 1. The minimum absolute atomic E-state index is 0.303. The van der Waals surface area contributed by atoms with E-state index in [1.165, 1.54) is 22.3 Å². The maximum atomic E-state index is 9.89. The molecule has 3 aromatic carbocycles. The van der Waals surface area contributed by atoms with Gasteiger partial charge >= 0.3 is 0 Å². The Kier molecular flexibility index (Phi) is 9.27. The third-order valence-corrected chi connectivity index (χ3v) is 8.16. The van der Waals surface area contributed by atoms with Crippen molar-refractivity contribution >= 4 is 5.69 Å². The molecule has 5 rings (SSSR count). The van der Waals surface area contributed by atoms with Crippen LogP contribution in [0.4, 0.5) is 5.69 Å². The number of hydrogen-bond acceptors (Lipinski definition) is 6. The topological polar surface area (TPSA) is 63.2 Å². The van der Waals surface area contributed by atoms with Crippen molar-refractivity contribution in [3.05, 3.63) is 82.9 Å². The summed E-state index contributed by atoms with van der Waals surface area (Å²) in [5.74, 6) is 2.59. The summed E-state index contributed by atoms with van der Waals surface area (Å²) in [5, 5.41) is 13.8. The first kappa shape index (κ1) is 27.4. The zero-order valence-corrected chi connectivity index (χ0v) is 23.3. The number of methoxy groups -OCH3 is 1. The number of nitrogens with zero attached hydrogens (tertiary/aromatic N) is 1. The van der Waals surface area contributed by atoms with Crippen LogP contribution in [0.1, 0.15) is 47.9 Å². The highest BCUT2D eigenvalue weighted by Crippen LogP contribution is 2.39. The summed E-state index contributed by atoms with van der Waals surface area (Å²) in [4.78, 5) is 2.39. The first-order valence-electron chi connectivity index (χ1n) is 14.4. The number of aryl methyl sites for hydroxylation is 1. The Labute approximate surface area is 232 Å². The van der Waals surface area contributed by atoms with Gasteiger partial charge in [0.05, 0.1) is 20.3 Å². The molecular weight excluding hydrogens is 488 g/mol. The molecule has 1 saturated heterocycles. The van der Waals surface area contributed by atoms with E-state index in [2.05, 4.69) is 65.7 Å². The van der Waals surface area contributed by atoms with E-state index in [1.54, 1.807) is 7.11 Å². The highest BCUT2D eigenvalue weighted by Gasteiger charge is 2.24. The molecular formula is C33H42N2O4. The largest absolute Gasteiger partial charge is 0.508 e. The number of hydrogen-bond donors (Lipinski definition) is 2. The highest BCUT2D eigenvalue weighted by molar-refractivity contribution is 5.58. The summed E-state index contributed by atoms with van der Waals surface area (Å²) < 4.78 is 17.0. The summed E-state index contributed by atoms with van der Waals surface area (Å²) in [5.41, 5.74) is 6.42. The zero-order valence-electron chi connectivity index (χ0n) is 23.3. The van der Waals surface area contributed by atoms with Gasteiger partial charge in [0, 0.05) is 37.4 Å². The fourth-order valence-electron chi connectivity index (χ4n) is 5.79. The van der Waals surface area contributed by atoms with E-state index in [0.717, 1.165) is 82.1 Å². The highest BCUT2D eigenvalue weighted by atomic mass is 16.5. The quantitative estimate of drug-likeness (QED) is 0.326. The number of nitrogens with one attached hydrogen (secondary N) is 1. The molecule has 2 aliphatic rings. The minimum Gasteiger partial charge on any atom is -0.508 e. The summed E-state index contributed by atoms with van der Waals surface area (Å²) >= 11 is 0. The first-order valence-corrected chi connectivity index (χ1v) is 14.4. The summed E-state index contributed by atoms with van der Waals surface area (Å²) in [6.07, 6.45) is 4.99. The van der Waals surface area contributed by atoms with Crippen LogP contribution in [0, 0.1) is 0 Å². The number of anilines is 1. The molecule has 208 valence electrons. The molecule has 1 aliphatic heterocycles.